The Morgan fingerprint density at radius 1 is 1.26 bits per heavy atom. The predicted octanol–water partition coefficient (Wildman–Crippen LogP) is 3.31. The molecule has 0 fully saturated rings. The Morgan fingerprint density at radius 2 is 2.05 bits per heavy atom. The minimum Gasteiger partial charge on any atom is -0.497 e. The van der Waals surface area contributed by atoms with Crippen molar-refractivity contribution < 1.29 is 18.7 Å². The van der Waals surface area contributed by atoms with Crippen molar-refractivity contribution in [1.82, 2.24) is 0 Å². The number of hydrogen-bond acceptors (Lipinski definition) is 4. The second-order valence-electron chi connectivity index (χ2n) is 3.63. The molecule has 0 aliphatic rings. The van der Waals surface area contributed by atoms with E-state index in [-0.39, 0.29) is 5.91 Å². The van der Waals surface area contributed by atoms with Crippen LogP contribution in [0.3, 0.4) is 0 Å². The van der Waals surface area contributed by atoms with Crippen molar-refractivity contribution in [3.8, 4) is 11.5 Å². The molecule has 0 radical (unpaired) electrons. The van der Waals surface area contributed by atoms with Gasteiger partial charge in [-0.25, -0.2) is 0 Å². The van der Waals surface area contributed by atoms with Gasteiger partial charge in [0.15, 0.2) is 4.67 Å². The minimum atomic E-state index is -0.299. The van der Waals surface area contributed by atoms with Gasteiger partial charge in [-0.3, -0.25) is 4.79 Å². The Bertz CT molecular complexity index is 594. The molecule has 0 aliphatic heterocycles. The molecular formula is C13H12BrNO4. The minimum absolute atomic E-state index is 0.299. The van der Waals surface area contributed by atoms with Gasteiger partial charge < -0.3 is 19.2 Å². The molecule has 2 rings (SSSR count). The number of ether oxygens (including phenoxy) is 2. The van der Waals surface area contributed by atoms with Crippen molar-refractivity contribution in [1.29, 1.82) is 0 Å². The second-order valence-corrected chi connectivity index (χ2v) is 4.35. The van der Waals surface area contributed by atoms with Crippen molar-refractivity contribution in [2.45, 2.75) is 0 Å². The van der Waals surface area contributed by atoms with Gasteiger partial charge in [0.1, 0.15) is 11.5 Å². The average molecular weight is 326 g/mol. The lowest BCUT2D eigenvalue weighted by Gasteiger charge is -2.11. The summed E-state index contributed by atoms with van der Waals surface area (Å²) in [6.45, 7) is 0. The normalized spacial score (nSPS) is 10.1. The summed E-state index contributed by atoms with van der Waals surface area (Å²) >= 11 is 3.16. The topological polar surface area (TPSA) is 60.7 Å². The number of furan rings is 1. The first-order chi connectivity index (χ1) is 9.15. The first kappa shape index (κ1) is 13.5. The second kappa shape index (κ2) is 5.79. The van der Waals surface area contributed by atoms with Crippen LogP contribution in [0.15, 0.2) is 39.6 Å². The Hall–Kier alpha value is -1.95. The molecule has 0 spiro atoms. The first-order valence-corrected chi connectivity index (χ1v) is 6.21. The number of amides is 1. The molecule has 0 atom stereocenters. The fraction of sp³-hybridized carbons (Fsp3) is 0.154. The smallest absolute Gasteiger partial charge is 0.260 e. The molecule has 1 aromatic heterocycles. The molecule has 19 heavy (non-hydrogen) atoms. The lowest BCUT2D eigenvalue weighted by Crippen LogP contribution is -2.12. The van der Waals surface area contributed by atoms with Crippen LogP contribution in [0, 0.1) is 0 Å². The van der Waals surface area contributed by atoms with Gasteiger partial charge in [0.2, 0.25) is 0 Å². The van der Waals surface area contributed by atoms with Gasteiger partial charge in [-0.05, 0) is 34.1 Å². The molecule has 0 saturated carbocycles. The zero-order valence-corrected chi connectivity index (χ0v) is 12.0. The highest BCUT2D eigenvalue weighted by molar-refractivity contribution is 9.10. The summed E-state index contributed by atoms with van der Waals surface area (Å²) in [5, 5.41) is 2.75. The Balaban J connectivity index is 2.27. The third-order valence-electron chi connectivity index (χ3n) is 2.52. The van der Waals surface area contributed by atoms with Crippen molar-refractivity contribution in [3.05, 3.63) is 40.8 Å². The maximum Gasteiger partial charge on any atom is 0.260 e. The summed E-state index contributed by atoms with van der Waals surface area (Å²) in [6.07, 6.45) is 1.43. The van der Waals surface area contributed by atoms with Crippen LogP contribution >= 0.6 is 15.9 Å². The highest BCUT2D eigenvalue weighted by atomic mass is 79.9. The van der Waals surface area contributed by atoms with Crippen LogP contribution in [0.1, 0.15) is 10.4 Å². The van der Waals surface area contributed by atoms with Gasteiger partial charge in [-0.2, -0.15) is 0 Å². The Morgan fingerprint density at radius 3 is 2.63 bits per heavy atom. The van der Waals surface area contributed by atoms with Crippen LogP contribution in [0.4, 0.5) is 5.69 Å². The zero-order chi connectivity index (χ0) is 13.8. The number of methoxy groups -OCH3 is 2. The first-order valence-electron chi connectivity index (χ1n) is 5.42. The van der Waals surface area contributed by atoms with E-state index in [2.05, 4.69) is 21.2 Å². The third kappa shape index (κ3) is 2.90. The van der Waals surface area contributed by atoms with Crippen LogP contribution in [0.25, 0.3) is 0 Å². The van der Waals surface area contributed by atoms with Crippen molar-refractivity contribution >= 4 is 27.5 Å². The molecule has 0 unspecified atom stereocenters. The Kier molecular flexibility index (Phi) is 4.11. The van der Waals surface area contributed by atoms with Crippen molar-refractivity contribution in [3.63, 3.8) is 0 Å². The number of carbonyl (C=O) groups is 1. The van der Waals surface area contributed by atoms with E-state index in [4.69, 9.17) is 13.9 Å². The van der Waals surface area contributed by atoms with Gasteiger partial charge in [-0.1, -0.05) is 0 Å². The predicted molar refractivity (Wildman–Crippen MR) is 73.9 cm³/mol. The van der Waals surface area contributed by atoms with Gasteiger partial charge in [-0.15, -0.1) is 0 Å². The standard InChI is InChI=1S/C13H12BrNO4/c1-17-8-3-4-11(18-2)10(7-8)15-13(16)9-5-6-19-12(9)14/h3-7H,1-2H3,(H,15,16). The van der Waals surface area contributed by atoms with E-state index in [0.29, 0.717) is 27.4 Å². The highest BCUT2D eigenvalue weighted by Gasteiger charge is 2.15. The van der Waals surface area contributed by atoms with Gasteiger partial charge >= 0.3 is 0 Å². The van der Waals surface area contributed by atoms with Crippen molar-refractivity contribution in [2.75, 3.05) is 19.5 Å². The molecule has 1 amide bonds. The number of carbonyl (C=O) groups excluding carboxylic acids is 1. The summed E-state index contributed by atoms with van der Waals surface area (Å²) in [5.41, 5.74) is 0.935. The molecule has 1 heterocycles. The van der Waals surface area contributed by atoms with E-state index >= 15 is 0 Å². The molecule has 0 saturated heterocycles. The summed E-state index contributed by atoms with van der Waals surface area (Å²) in [4.78, 5) is 12.1. The highest BCUT2D eigenvalue weighted by Crippen LogP contribution is 2.30. The fourth-order valence-corrected chi connectivity index (χ4v) is 1.98. The van der Waals surface area contributed by atoms with Gasteiger partial charge in [0.25, 0.3) is 5.91 Å². The zero-order valence-electron chi connectivity index (χ0n) is 10.4. The van der Waals surface area contributed by atoms with Crippen LogP contribution in [-0.4, -0.2) is 20.1 Å². The molecule has 100 valence electrons. The quantitative estimate of drug-likeness (QED) is 0.936. The van der Waals surface area contributed by atoms with Gasteiger partial charge in [0, 0.05) is 6.07 Å². The van der Waals surface area contributed by atoms with E-state index in [1.807, 2.05) is 0 Å². The summed E-state index contributed by atoms with van der Waals surface area (Å²) in [7, 11) is 3.09. The summed E-state index contributed by atoms with van der Waals surface area (Å²) in [6, 6.07) is 6.73. The van der Waals surface area contributed by atoms with Crippen LogP contribution in [0.5, 0.6) is 11.5 Å². The SMILES string of the molecule is COc1ccc(OC)c(NC(=O)c2ccoc2Br)c1. The van der Waals surface area contributed by atoms with Crippen LogP contribution < -0.4 is 14.8 Å². The van der Waals surface area contributed by atoms with Gasteiger partial charge in [0.05, 0.1) is 31.7 Å². The number of hydrogen-bond donors (Lipinski definition) is 1. The van der Waals surface area contributed by atoms with E-state index in [1.54, 1.807) is 31.4 Å². The van der Waals surface area contributed by atoms with Crippen LogP contribution in [-0.2, 0) is 0 Å². The number of nitrogens with one attached hydrogen (secondary N) is 1. The van der Waals surface area contributed by atoms with E-state index in [9.17, 15) is 4.79 Å². The number of rotatable bonds is 4. The lowest BCUT2D eigenvalue weighted by molar-refractivity contribution is 0.102. The number of benzene rings is 1. The van der Waals surface area contributed by atoms with Crippen molar-refractivity contribution in [2.24, 2.45) is 0 Å². The maximum absolute atomic E-state index is 12.1. The molecular weight excluding hydrogens is 314 g/mol. The number of halogens is 1. The molecule has 5 nitrogen and oxygen atoms in total. The maximum atomic E-state index is 12.1. The molecule has 0 aliphatic carbocycles. The third-order valence-corrected chi connectivity index (χ3v) is 3.13. The molecule has 1 aromatic carbocycles. The molecule has 2 aromatic rings. The average Bonchev–Trinajstić information content (AvgIpc) is 2.85. The largest absolute Gasteiger partial charge is 0.497 e. The summed E-state index contributed by atoms with van der Waals surface area (Å²) in [5.74, 6) is 0.878. The fourth-order valence-electron chi connectivity index (χ4n) is 1.56. The van der Waals surface area contributed by atoms with E-state index in [0.717, 1.165) is 0 Å². The number of anilines is 1. The van der Waals surface area contributed by atoms with E-state index in [1.165, 1.54) is 13.4 Å². The Labute approximate surface area is 118 Å². The van der Waals surface area contributed by atoms with E-state index < -0.39 is 0 Å². The molecule has 1 N–H and O–H groups in total. The molecule has 0 bridgehead atoms. The van der Waals surface area contributed by atoms with Crippen LogP contribution in [0.2, 0.25) is 0 Å². The lowest BCUT2D eigenvalue weighted by atomic mass is 10.2. The molecule has 6 heteroatoms. The summed E-state index contributed by atoms with van der Waals surface area (Å²) < 4.78 is 15.7. The monoisotopic (exact) mass is 325 g/mol.